The highest BCUT2D eigenvalue weighted by molar-refractivity contribution is 5.91. The lowest BCUT2D eigenvalue weighted by atomic mass is 10.2. The lowest BCUT2D eigenvalue weighted by molar-refractivity contribution is -0.115. The average molecular weight is 378 g/mol. The van der Waals surface area contributed by atoms with Crippen LogP contribution in [0.15, 0.2) is 53.1 Å². The van der Waals surface area contributed by atoms with Gasteiger partial charge in [-0.3, -0.25) is 4.79 Å². The topological polar surface area (TPSA) is 80.5 Å². The third kappa shape index (κ3) is 4.14. The van der Waals surface area contributed by atoms with Crippen molar-refractivity contribution >= 4 is 17.3 Å². The van der Waals surface area contributed by atoms with Gasteiger partial charge >= 0.3 is 0 Å². The minimum atomic E-state index is -0.196. The van der Waals surface area contributed by atoms with Crippen LogP contribution in [-0.2, 0) is 11.2 Å². The lowest BCUT2D eigenvalue weighted by Crippen LogP contribution is -2.18. The number of aromatic nitrogens is 2. The molecule has 0 aliphatic carbocycles. The fourth-order valence-corrected chi connectivity index (χ4v) is 3.26. The number of nitrogens with one attached hydrogen (secondary N) is 1. The van der Waals surface area contributed by atoms with Crippen LogP contribution in [0.1, 0.15) is 18.7 Å². The first-order valence-electron chi connectivity index (χ1n) is 9.33. The number of benzene rings is 2. The molecule has 1 N–H and O–H groups in total. The van der Waals surface area contributed by atoms with Gasteiger partial charge < -0.3 is 19.5 Å². The Labute approximate surface area is 163 Å². The smallest absolute Gasteiger partial charge is 0.236 e. The molecule has 144 valence electrons. The standard InChI is InChI=1S/C21H22N4O3/c1-27-18-10-4-15(5-11-18)21-23-20(28-24-21)14-19(26)22-16-6-8-17(9-7-16)25-12-2-3-13-25/h4-11H,2-3,12-14H2,1H3,(H,22,26). The minimum absolute atomic E-state index is 0.0248. The van der Waals surface area contributed by atoms with Gasteiger partial charge in [-0.1, -0.05) is 5.16 Å². The van der Waals surface area contributed by atoms with Gasteiger partial charge in [0.15, 0.2) is 0 Å². The summed E-state index contributed by atoms with van der Waals surface area (Å²) in [6.45, 7) is 2.19. The minimum Gasteiger partial charge on any atom is -0.497 e. The summed E-state index contributed by atoms with van der Waals surface area (Å²) in [6.07, 6.45) is 2.50. The molecule has 1 saturated heterocycles. The number of nitrogens with zero attached hydrogens (tertiary/aromatic N) is 3. The van der Waals surface area contributed by atoms with Crippen LogP contribution < -0.4 is 15.0 Å². The van der Waals surface area contributed by atoms with Gasteiger partial charge in [0.25, 0.3) is 0 Å². The quantitative estimate of drug-likeness (QED) is 0.707. The Bertz CT molecular complexity index is 929. The Kier molecular flexibility index (Phi) is 5.23. The monoisotopic (exact) mass is 378 g/mol. The number of carbonyl (C=O) groups is 1. The fraction of sp³-hybridized carbons (Fsp3) is 0.286. The van der Waals surface area contributed by atoms with Crippen molar-refractivity contribution in [3.8, 4) is 17.1 Å². The predicted molar refractivity (Wildman–Crippen MR) is 107 cm³/mol. The van der Waals surface area contributed by atoms with E-state index < -0.39 is 0 Å². The molecule has 7 heteroatoms. The van der Waals surface area contributed by atoms with Crippen molar-refractivity contribution in [3.63, 3.8) is 0 Å². The second-order valence-corrected chi connectivity index (χ2v) is 6.71. The number of amides is 1. The highest BCUT2D eigenvalue weighted by Gasteiger charge is 2.14. The van der Waals surface area contributed by atoms with Crippen LogP contribution in [0.2, 0.25) is 0 Å². The largest absolute Gasteiger partial charge is 0.497 e. The number of rotatable bonds is 6. The molecule has 0 spiro atoms. The van der Waals surface area contributed by atoms with E-state index in [9.17, 15) is 4.79 Å². The zero-order valence-electron chi connectivity index (χ0n) is 15.7. The van der Waals surface area contributed by atoms with Crippen LogP contribution in [0.3, 0.4) is 0 Å². The van der Waals surface area contributed by atoms with Crippen LogP contribution in [0, 0.1) is 0 Å². The Morgan fingerprint density at radius 3 is 2.50 bits per heavy atom. The molecule has 0 radical (unpaired) electrons. The molecule has 3 aromatic rings. The number of methoxy groups -OCH3 is 1. The van der Waals surface area contributed by atoms with Crippen molar-refractivity contribution in [2.24, 2.45) is 0 Å². The molecule has 1 amide bonds. The first-order chi connectivity index (χ1) is 13.7. The molecule has 7 nitrogen and oxygen atoms in total. The van der Waals surface area contributed by atoms with Gasteiger partial charge in [0.2, 0.25) is 17.6 Å². The van der Waals surface area contributed by atoms with Crippen LogP contribution in [0.25, 0.3) is 11.4 Å². The first kappa shape index (κ1) is 18.0. The van der Waals surface area contributed by atoms with E-state index in [1.54, 1.807) is 7.11 Å². The maximum Gasteiger partial charge on any atom is 0.236 e. The molecule has 1 aliphatic heterocycles. The number of hydrogen-bond acceptors (Lipinski definition) is 6. The first-order valence-corrected chi connectivity index (χ1v) is 9.33. The number of hydrogen-bond donors (Lipinski definition) is 1. The van der Waals surface area contributed by atoms with E-state index in [0.29, 0.717) is 5.82 Å². The van der Waals surface area contributed by atoms with Gasteiger partial charge in [0.1, 0.15) is 12.2 Å². The third-order valence-corrected chi connectivity index (χ3v) is 4.75. The van der Waals surface area contributed by atoms with E-state index in [2.05, 4.69) is 20.4 Å². The fourth-order valence-electron chi connectivity index (χ4n) is 3.26. The summed E-state index contributed by atoms with van der Waals surface area (Å²) in [4.78, 5) is 18.9. The van der Waals surface area contributed by atoms with Crippen LogP contribution in [0.5, 0.6) is 5.75 Å². The van der Waals surface area contributed by atoms with Crippen LogP contribution in [-0.4, -0.2) is 36.2 Å². The maximum absolute atomic E-state index is 12.3. The van der Waals surface area contributed by atoms with Crippen molar-refractivity contribution in [1.82, 2.24) is 10.1 Å². The van der Waals surface area contributed by atoms with Gasteiger partial charge in [-0.2, -0.15) is 4.98 Å². The zero-order valence-corrected chi connectivity index (χ0v) is 15.7. The molecule has 0 saturated carbocycles. The summed E-state index contributed by atoms with van der Waals surface area (Å²) in [5.41, 5.74) is 2.74. The SMILES string of the molecule is COc1ccc(-c2noc(CC(=O)Nc3ccc(N4CCCC4)cc3)n2)cc1. The van der Waals surface area contributed by atoms with Gasteiger partial charge in [-0.25, -0.2) is 0 Å². The Hall–Kier alpha value is -3.35. The van der Waals surface area contributed by atoms with E-state index >= 15 is 0 Å². The summed E-state index contributed by atoms with van der Waals surface area (Å²) < 4.78 is 10.3. The predicted octanol–water partition coefficient (Wildman–Crippen LogP) is 3.53. The zero-order chi connectivity index (χ0) is 19.3. The molecule has 0 bridgehead atoms. The average Bonchev–Trinajstić information content (AvgIpc) is 3.41. The van der Waals surface area contributed by atoms with Gasteiger partial charge in [-0.05, 0) is 61.4 Å². The van der Waals surface area contributed by atoms with E-state index in [-0.39, 0.29) is 18.2 Å². The summed E-state index contributed by atoms with van der Waals surface area (Å²) in [6, 6.07) is 15.2. The van der Waals surface area contributed by atoms with Gasteiger partial charge in [0.05, 0.1) is 7.11 Å². The normalized spacial score (nSPS) is 13.5. The van der Waals surface area contributed by atoms with E-state index in [1.165, 1.54) is 18.5 Å². The summed E-state index contributed by atoms with van der Waals surface area (Å²) >= 11 is 0. The van der Waals surface area contributed by atoms with E-state index in [4.69, 9.17) is 9.26 Å². The summed E-state index contributed by atoms with van der Waals surface area (Å²) in [7, 11) is 1.61. The highest BCUT2D eigenvalue weighted by Crippen LogP contribution is 2.22. The maximum atomic E-state index is 12.3. The van der Waals surface area contributed by atoms with Crippen LogP contribution >= 0.6 is 0 Å². The molecule has 0 unspecified atom stereocenters. The number of ether oxygens (including phenoxy) is 1. The van der Waals surface area contributed by atoms with Gasteiger partial charge in [0, 0.05) is 30.0 Å². The Balaban J connectivity index is 1.35. The molecule has 1 aliphatic rings. The van der Waals surface area contributed by atoms with Gasteiger partial charge in [-0.15, -0.1) is 0 Å². The Morgan fingerprint density at radius 1 is 1.11 bits per heavy atom. The number of carbonyl (C=O) groups excluding carboxylic acids is 1. The van der Waals surface area contributed by atoms with Crippen molar-refractivity contribution in [2.75, 3.05) is 30.4 Å². The van der Waals surface area contributed by atoms with Crippen molar-refractivity contribution in [1.29, 1.82) is 0 Å². The second kappa shape index (κ2) is 8.12. The Morgan fingerprint density at radius 2 is 1.82 bits per heavy atom. The lowest BCUT2D eigenvalue weighted by Gasteiger charge is -2.17. The van der Waals surface area contributed by atoms with Crippen molar-refractivity contribution in [3.05, 3.63) is 54.4 Å². The van der Waals surface area contributed by atoms with Crippen molar-refractivity contribution in [2.45, 2.75) is 19.3 Å². The number of anilines is 2. The molecule has 4 rings (SSSR count). The van der Waals surface area contributed by atoms with Crippen molar-refractivity contribution < 1.29 is 14.1 Å². The molecule has 28 heavy (non-hydrogen) atoms. The summed E-state index contributed by atoms with van der Waals surface area (Å²) in [5, 5.41) is 6.82. The van der Waals surface area contributed by atoms with E-state index in [1.807, 2.05) is 48.5 Å². The molecule has 0 atom stereocenters. The molecule has 1 aromatic heterocycles. The molecular formula is C21H22N4O3. The van der Waals surface area contributed by atoms with E-state index in [0.717, 1.165) is 30.1 Å². The molecule has 2 heterocycles. The third-order valence-electron chi connectivity index (χ3n) is 4.75. The highest BCUT2D eigenvalue weighted by atomic mass is 16.5. The van der Waals surface area contributed by atoms with Crippen LogP contribution in [0.4, 0.5) is 11.4 Å². The molecular weight excluding hydrogens is 356 g/mol. The molecule has 2 aromatic carbocycles. The second-order valence-electron chi connectivity index (χ2n) is 6.71. The summed E-state index contributed by atoms with van der Waals surface area (Å²) in [5.74, 6) is 1.28. The molecule has 1 fully saturated rings.